The Morgan fingerprint density at radius 2 is 1.93 bits per heavy atom. The Morgan fingerprint density at radius 1 is 1.13 bits per heavy atom. The summed E-state index contributed by atoms with van der Waals surface area (Å²) in [7, 11) is 3.42. The average Bonchev–Trinajstić information content (AvgIpc) is 3.02. The van der Waals surface area contributed by atoms with Gasteiger partial charge in [0.15, 0.2) is 5.79 Å². The lowest BCUT2D eigenvalue weighted by Gasteiger charge is -2.54. The number of ether oxygens (including phenoxy) is 5. The zero-order valence-electron chi connectivity index (χ0n) is 18.6. The number of fused-ring (bicyclic) bond motifs is 3. The molecule has 2 saturated heterocycles. The number of methoxy groups -OCH3 is 2. The lowest BCUT2D eigenvalue weighted by molar-refractivity contribution is -0.190. The van der Waals surface area contributed by atoms with Crippen molar-refractivity contribution in [3.05, 3.63) is 11.6 Å². The maximum absolute atomic E-state index is 11.0. The summed E-state index contributed by atoms with van der Waals surface area (Å²) in [6.07, 6.45) is 9.79. The van der Waals surface area contributed by atoms with Gasteiger partial charge >= 0.3 is 0 Å². The van der Waals surface area contributed by atoms with E-state index in [1.165, 1.54) is 5.57 Å². The van der Waals surface area contributed by atoms with E-state index < -0.39 is 17.5 Å². The van der Waals surface area contributed by atoms with Crippen molar-refractivity contribution in [1.29, 1.82) is 0 Å². The molecule has 0 aromatic rings. The highest BCUT2D eigenvalue weighted by molar-refractivity contribution is 5.43. The second-order valence-electron chi connectivity index (χ2n) is 10.8. The van der Waals surface area contributed by atoms with Gasteiger partial charge in [-0.1, -0.05) is 13.0 Å². The van der Waals surface area contributed by atoms with Crippen molar-refractivity contribution in [1.82, 2.24) is 0 Å². The van der Waals surface area contributed by atoms with Gasteiger partial charge in [-0.25, -0.2) is 0 Å². The molecule has 1 N–H and O–H groups in total. The minimum absolute atomic E-state index is 0.0851. The van der Waals surface area contributed by atoms with Crippen LogP contribution in [0.25, 0.3) is 0 Å². The molecular formula is C24H36O6. The molecule has 1 spiro atoms. The molecule has 0 aromatic carbocycles. The summed E-state index contributed by atoms with van der Waals surface area (Å²) < 4.78 is 30.3. The first kappa shape index (κ1) is 20.1. The number of hydrogen-bond acceptors (Lipinski definition) is 6. The van der Waals surface area contributed by atoms with Gasteiger partial charge in [-0.2, -0.15) is 0 Å². The third-order valence-corrected chi connectivity index (χ3v) is 10.1. The molecule has 0 amide bonds. The molecule has 0 unspecified atom stereocenters. The number of epoxide rings is 1. The van der Waals surface area contributed by atoms with Crippen LogP contribution in [0.1, 0.15) is 58.3 Å². The molecule has 0 aromatic heterocycles. The van der Waals surface area contributed by atoms with Crippen molar-refractivity contribution in [3.63, 3.8) is 0 Å². The van der Waals surface area contributed by atoms with Crippen LogP contribution >= 0.6 is 0 Å². The van der Waals surface area contributed by atoms with Crippen LogP contribution in [-0.2, 0) is 23.7 Å². The molecule has 4 aliphatic carbocycles. The van der Waals surface area contributed by atoms with Gasteiger partial charge in [0, 0.05) is 32.5 Å². The van der Waals surface area contributed by atoms with Gasteiger partial charge in [-0.3, -0.25) is 0 Å². The van der Waals surface area contributed by atoms with Crippen LogP contribution in [0.4, 0.5) is 0 Å². The molecule has 5 fully saturated rings. The topological polar surface area (TPSA) is 69.7 Å². The van der Waals surface area contributed by atoms with Crippen molar-refractivity contribution in [2.24, 2.45) is 17.3 Å². The Bertz CT molecular complexity index is 761. The quantitative estimate of drug-likeness (QED) is 0.557. The molecule has 6 aliphatic rings. The van der Waals surface area contributed by atoms with Gasteiger partial charge in [-0.05, 0) is 55.9 Å². The highest BCUT2D eigenvalue weighted by Crippen LogP contribution is 2.74. The third-order valence-electron chi connectivity index (χ3n) is 10.1. The second kappa shape index (κ2) is 6.30. The van der Waals surface area contributed by atoms with Crippen LogP contribution in [0, 0.1) is 17.3 Å². The summed E-state index contributed by atoms with van der Waals surface area (Å²) in [5, 5.41) is 11.0. The van der Waals surface area contributed by atoms with Crippen LogP contribution in [0.2, 0.25) is 0 Å². The standard InChI is InChI=1S/C24H36O6/c1-20-7-5-18-16(17(20)6-9-24(20,27-3)19(25)14-26-2)4-8-21-15-22(28-12-13-29-22)10-11-23(18,21)30-21/h5,16-17,19,25H,4,6-15H2,1-3H3/t16-,17-,19-,20-,21+,23+,24-/m0/s1. The summed E-state index contributed by atoms with van der Waals surface area (Å²) in [5.41, 5.74) is 0.721. The molecule has 7 atom stereocenters. The van der Waals surface area contributed by atoms with E-state index in [0.29, 0.717) is 31.7 Å². The Hall–Kier alpha value is -0.500. The van der Waals surface area contributed by atoms with Gasteiger partial charge in [0.25, 0.3) is 0 Å². The maximum atomic E-state index is 11.0. The maximum Gasteiger partial charge on any atom is 0.171 e. The fourth-order valence-corrected chi connectivity index (χ4v) is 8.67. The van der Waals surface area contributed by atoms with E-state index in [-0.39, 0.29) is 16.6 Å². The minimum Gasteiger partial charge on any atom is -0.388 e. The fourth-order valence-electron chi connectivity index (χ4n) is 8.67. The van der Waals surface area contributed by atoms with E-state index in [4.69, 9.17) is 23.7 Å². The van der Waals surface area contributed by atoms with Crippen LogP contribution in [0.15, 0.2) is 11.6 Å². The predicted octanol–water partition coefficient (Wildman–Crippen LogP) is 2.97. The van der Waals surface area contributed by atoms with Gasteiger partial charge in [-0.15, -0.1) is 0 Å². The molecule has 0 bridgehead atoms. The molecule has 3 saturated carbocycles. The van der Waals surface area contributed by atoms with Gasteiger partial charge in [0.1, 0.15) is 22.9 Å². The first-order valence-electron chi connectivity index (χ1n) is 11.8. The van der Waals surface area contributed by atoms with Crippen molar-refractivity contribution >= 4 is 0 Å². The molecule has 6 nitrogen and oxygen atoms in total. The van der Waals surface area contributed by atoms with Gasteiger partial charge in [0.2, 0.25) is 0 Å². The molecule has 30 heavy (non-hydrogen) atoms. The molecule has 2 aliphatic heterocycles. The van der Waals surface area contributed by atoms with Crippen LogP contribution in [0.3, 0.4) is 0 Å². The van der Waals surface area contributed by atoms with E-state index in [0.717, 1.165) is 51.4 Å². The molecule has 0 radical (unpaired) electrons. The highest BCUT2D eigenvalue weighted by atomic mass is 16.7. The minimum atomic E-state index is -0.610. The van der Waals surface area contributed by atoms with E-state index in [2.05, 4.69) is 13.0 Å². The first-order chi connectivity index (χ1) is 14.4. The monoisotopic (exact) mass is 420 g/mol. The van der Waals surface area contributed by atoms with E-state index >= 15 is 0 Å². The Morgan fingerprint density at radius 3 is 2.67 bits per heavy atom. The third kappa shape index (κ3) is 2.21. The molecule has 6 heteroatoms. The number of allylic oxidation sites excluding steroid dienone is 1. The zero-order chi connectivity index (χ0) is 20.8. The molecule has 2 heterocycles. The summed E-state index contributed by atoms with van der Waals surface area (Å²) >= 11 is 0. The van der Waals surface area contributed by atoms with Crippen LogP contribution < -0.4 is 0 Å². The number of aliphatic hydroxyl groups is 1. The van der Waals surface area contributed by atoms with Crippen molar-refractivity contribution in [2.75, 3.05) is 34.0 Å². The highest BCUT2D eigenvalue weighted by Gasteiger charge is 2.79. The fraction of sp³-hybridized carbons (Fsp3) is 0.917. The smallest absolute Gasteiger partial charge is 0.171 e. The largest absolute Gasteiger partial charge is 0.388 e. The summed E-state index contributed by atoms with van der Waals surface area (Å²) in [5.74, 6) is 0.625. The van der Waals surface area contributed by atoms with Gasteiger partial charge < -0.3 is 28.8 Å². The van der Waals surface area contributed by atoms with E-state index in [9.17, 15) is 5.11 Å². The van der Waals surface area contributed by atoms with Gasteiger partial charge in [0.05, 0.1) is 19.8 Å². The SMILES string of the molecule is COC[C@H](O)[C@@]1(OC)CC[C@H]2[C@@H]3CC[C@@]45CC6(CC[C@@]4(O5)C3=CC[C@@]21C)OCCO6. The number of hydrogen-bond donors (Lipinski definition) is 1. The molecular weight excluding hydrogens is 384 g/mol. The normalized spacial score (nSPS) is 51.5. The second-order valence-corrected chi connectivity index (χ2v) is 10.8. The van der Waals surface area contributed by atoms with E-state index in [1.54, 1.807) is 14.2 Å². The zero-order valence-corrected chi connectivity index (χ0v) is 18.6. The average molecular weight is 421 g/mol. The van der Waals surface area contributed by atoms with Crippen LogP contribution in [0.5, 0.6) is 0 Å². The lowest BCUT2D eigenvalue weighted by atomic mass is 9.52. The van der Waals surface area contributed by atoms with Crippen molar-refractivity contribution in [2.45, 2.75) is 87.0 Å². The predicted molar refractivity (Wildman–Crippen MR) is 109 cm³/mol. The first-order valence-corrected chi connectivity index (χ1v) is 11.8. The van der Waals surface area contributed by atoms with Crippen molar-refractivity contribution < 1.29 is 28.8 Å². The van der Waals surface area contributed by atoms with Crippen LogP contribution in [-0.4, -0.2) is 67.8 Å². The Kier molecular flexibility index (Phi) is 4.23. The number of aliphatic hydroxyl groups excluding tert-OH is 1. The molecule has 6 rings (SSSR count). The molecule has 168 valence electrons. The Balaban J connectivity index is 1.32. The summed E-state index contributed by atoms with van der Waals surface area (Å²) in [6, 6.07) is 0. The Labute approximate surface area is 179 Å². The number of rotatable bonds is 4. The summed E-state index contributed by atoms with van der Waals surface area (Å²) in [4.78, 5) is 0. The van der Waals surface area contributed by atoms with Crippen molar-refractivity contribution in [3.8, 4) is 0 Å². The lowest BCUT2D eigenvalue weighted by Crippen LogP contribution is -2.59. The van der Waals surface area contributed by atoms with E-state index in [1.807, 2.05) is 0 Å². The summed E-state index contributed by atoms with van der Waals surface area (Å²) in [6.45, 7) is 4.06.